The lowest BCUT2D eigenvalue weighted by Gasteiger charge is -2.38. The molecule has 1 saturated heterocycles. The van der Waals surface area contributed by atoms with Crippen LogP contribution in [0.3, 0.4) is 0 Å². The highest BCUT2D eigenvalue weighted by Crippen LogP contribution is 2.21. The molecule has 0 aliphatic carbocycles. The summed E-state index contributed by atoms with van der Waals surface area (Å²) in [7, 11) is 0. The van der Waals surface area contributed by atoms with Gasteiger partial charge in [0.15, 0.2) is 0 Å². The monoisotopic (exact) mass is 320 g/mol. The van der Waals surface area contributed by atoms with Crippen molar-refractivity contribution < 1.29 is 9.53 Å². The molecule has 6 heteroatoms. The first-order chi connectivity index (χ1) is 11.0. The number of hydrogen-bond acceptors (Lipinski definition) is 5. The average molecular weight is 320 g/mol. The second kappa shape index (κ2) is 8.13. The summed E-state index contributed by atoms with van der Waals surface area (Å²) >= 11 is 0. The molecule has 2 rings (SSSR count). The summed E-state index contributed by atoms with van der Waals surface area (Å²) in [5.41, 5.74) is 1.89. The Balaban J connectivity index is 1.98. The molecule has 6 nitrogen and oxygen atoms in total. The van der Waals surface area contributed by atoms with Gasteiger partial charge in [0.25, 0.3) is 0 Å². The third-order valence-electron chi connectivity index (χ3n) is 4.24. The summed E-state index contributed by atoms with van der Waals surface area (Å²) in [6.45, 7) is 9.31. The Bertz CT molecular complexity index is 515. The molecule has 0 bridgehead atoms. The normalized spacial score (nSPS) is 21.1. The first kappa shape index (κ1) is 17.5. The number of nitrogens with one attached hydrogen (secondary N) is 1. The molecule has 0 saturated carbocycles. The van der Waals surface area contributed by atoms with Crippen LogP contribution < -0.4 is 5.32 Å². The standard InChI is InChI=1S/C17H28N4O2/c1-5-6-10-23-17(22)21-9-7-8-15(14(21)4)20-16-18-12(2)11-13(3)19-16/h11,14-15H,5-10H2,1-4H3,(H,18,19,20). The maximum atomic E-state index is 12.2. The minimum atomic E-state index is -0.209. The number of amides is 1. The van der Waals surface area contributed by atoms with Crippen molar-refractivity contribution >= 4 is 12.0 Å². The molecule has 2 atom stereocenters. The lowest BCUT2D eigenvalue weighted by atomic mass is 9.98. The summed E-state index contributed by atoms with van der Waals surface area (Å²) < 4.78 is 5.36. The average Bonchev–Trinajstić information content (AvgIpc) is 2.48. The van der Waals surface area contributed by atoms with Gasteiger partial charge in [-0.2, -0.15) is 0 Å². The lowest BCUT2D eigenvalue weighted by Crippen LogP contribution is -2.52. The number of aromatic nitrogens is 2. The van der Waals surface area contributed by atoms with Crippen LogP contribution in [0.1, 0.15) is 50.9 Å². The van der Waals surface area contributed by atoms with E-state index < -0.39 is 0 Å². The van der Waals surface area contributed by atoms with Crippen LogP contribution in [-0.4, -0.2) is 46.2 Å². The van der Waals surface area contributed by atoms with Crippen molar-refractivity contribution in [3.05, 3.63) is 17.5 Å². The molecule has 1 aromatic heterocycles. The Morgan fingerprint density at radius 2 is 2.09 bits per heavy atom. The number of piperidine rings is 1. The Morgan fingerprint density at radius 1 is 1.39 bits per heavy atom. The van der Waals surface area contributed by atoms with E-state index in [4.69, 9.17) is 4.74 Å². The van der Waals surface area contributed by atoms with E-state index in [1.807, 2.05) is 24.8 Å². The second-order valence-electron chi connectivity index (χ2n) is 6.27. The van der Waals surface area contributed by atoms with E-state index in [1.54, 1.807) is 0 Å². The van der Waals surface area contributed by atoms with Crippen molar-refractivity contribution in [1.29, 1.82) is 0 Å². The summed E-state index contributed by atoms with van der Waals surface area (Å²) in [5, 5.41) is 3.39. The topological polar surface area (TPSA) is 67.3 Å². The fourth-order valence-corrected chi connectivity index (χ4v) is 2.94. The van der Waals surface area contributed by atoms with Crippen LogP contribution in [0.15, 0.2) is 6.07 Å². The number of hydrogen-bond donors (Lipinski definition) is 1. The highest BCUT2D eigenvalue weighted by Gasteiger charge is 2.32. The molecule has 1 aliphatic rings. The van der Waals surface area contributed by atoms with Gasteiger partial charge in [-0.05, 0) is 46.1 Å². The molecule has 1 aliphatic heterocycles. The third kappa shape index (κ3) is 4.81. The van der Waals surface area contributed by atoms with Crippen molar-refractivity contribution in [3.63, 3.8) is 0 Å². The van der Waals surface area contributed by atoms with Gasteiger partial charge in [0.05, 0.1) is 12.6 Å². The Labute approximate surface area is 138 Å². The van der Waals surface area contributed by atoms with E-state index >= 15 is 0 Å². The van der Waals surface area contributed by atoms with Crippen LogP contribution in [0, 0.1) is 13.8 Å². The van der Waals surface area contributed by atoms with Gasteiger partial charge in [0, 0.05) is 24.0 Å². The Morgan fingerprint density at radius 3 is 2.74 bits per heavy atom. The summed E-state index contributed by atoms with van der Waals surface area (Å²) in [6, 6.07) is 2.15. The van der Waals surface area contributed by atoms with E-state index in [9.17, 15) is 4.79 Å². The molecule has 0 spiro atoms. The molecule has 1 amide bonds. The van der Waals surface area contributed by atoms with Gasteiger partial charge < -0.3 is 15.0 Å². The quantitative estimate of drug-likeness (QED) is 0.843. The predicted octanol–water partition coefficient (Wildman–Crippen LogP) is 3.29. The second-order valence-corrected chi connectivity index (χ2v) is 6.27. The van der Waals surface area contributed by atoms with Crippen LogP contribution >= 0.6 is 0 Å². The number of likely N-dealkylation sites (tertiary alicyclic amines) is 1. The van der Waals surface area contributed by atoms with E-state index in [0.29, 0.717) is 12.6 Å². The molecule has 2 unspecified atom stereocenters. The molecule has 1 N–H and O–H groups in total. The van der Waals surface area contributed by atoms with Crippen LogP contribution in [0.4, 0.5) is 10.7 Å². The lowest BCUT2D eigenvalue weighted by molar-refractivity contribution is 0.0728. The van der Waals surface area contributed by atoms with Gasteiger partial charge in [0.1, 0.15) is 0 Å². The summed E-state index contributed by atoms with van der Waals surface area (Å²) in [6.07, 6.45) is 3.67. The van der Waals surface area contributed by atoms with Gasteiger partial charge in [-0.25, -0.2) is 14.8 Å². The zero-order valence-electron chi connectivity index (χ0n) is 14.6. The van der Waals surface area contributed by atoms with Crippen molar-refractivity contribution in [1.82, 2.24) is 14.9 Å². The first-order valence-corrected chi connectivity index (χ1v) is 8.53. The number of rotatable bonds is 5. The highest BCUT2D eigenvalue weighted by molar-refractivity contribution is 5.68. The van der Waals surface area contributed by atoms with E-state index in [1.165, 1.54) is 0 Å². The molecule has 0 aromatic carbocycles. The summed E-state index contributed by atoms with van der Waals surface area (Å²) in [4.78, 5) is 22.9. The molecule has 0 radical (unpaired) electrons. The molecule has 23 heavy (non-hydrogen) atoms. The molecule has 1 aromatic rings. The minimum absolute atomic E-state index is 0.0577. The number of anilines is 1. The molecule has 1 fully saturated rings. The molecule has 2 heterocycles. The molecular formula is C17H28N4O2. The summed E-state index contributed by atoms with van der Waals surface area (Å²) in [5.74, 6) is 0.639. The predicted molar refractivity (Wildman–Crippen MR) is 90.6 cm³/mol. The van der Waals surface area contributed by atoms with Gasteiger partial charge in [0.2, 0.25) is 5.95 Å². The number of ether oxygens (including phenoxy) is 1. The van der Waals surface area contributed by atoms with Gasteiger partial charge in [-0.3, -0.25) is 0 Å². The number of carbonyl (C=O) groups excluding carboxylic acids is 1. The van der Waals surface area contributed by atoms with Crippen molar-refractivity contribution in [2.24, 2.45) is 0 Å². The van der Waals surface area contributed by atoms with Crippen LogP contribution in [-0.2, 0) is 4.74 Å². The fourth-order valence-electron chi connectivity index (χ4n) is 2.94. The molecular weight excluding hydrogens is 292 g/mol. The number of nitrogens with zero attached hydrogens (tertiary/aromatic N) is 3. The van der Waals surface area contributed by atoms with Crippen LogP contribution in [0.25, 0.3) is 0 Å². The minimum Gasteiger partial charge on any atom is -0.449 e. The highest BCUT2D eigenvalue weighted by atomic mass is 16.6. The zero-order valence-corrected chi connectivity index (χ0v) is 14.6. The van der Waals surface area contributed by atoms with E-state index in [2.05, 4.69) is 29.1 Å². The zero-order chi connectivity index (χ0) is 16.8. The van der Waals surface area contributed by atoms with Gasteiger partial charge >= 0.3 is 6.09 Å². The first-order valence-electron chi connectivity index (χ1n) is 8.53. The van der Waals surface area contributed by atoms with Gasteiger partial charge in [-0.1, -0.05) is 13.3 Å². The van der Waals surface area contributed by atoms with Gasteiger partial charge in [-0.15, -0.1) is 0 Å². The van der Waals surface area contributed by atoms with Crippen molar-refractivity contribution in [3.8, 4) is 0 Å². The third-order valence-corrected chi connectivity index (χ3v) is 4.24. The van der Waals surface area contributed by atoms with Crippen LogP contribution in [0.2, 0.25) is 0 Å². The van der Waals surface area contributed by atoms with E-state index in [0.717, 1.165) is 43.6 Å². The maximum Gasteiger partial charge on any atom is 0.410 e. The molecule has 128 valence electrons. The Hall–Kier alpha value is -1.85. The fraction of sp³-hybridized carbons (Fsp3) is 0.706. The number of unbranched alkanes of at least 4 members (excludes halogenated alkanes) is 1. The van der Waals surface area contributed by atoms with Crippen LogP contribution in [0.5, 0.6) is 0 Å². The maximum absolute atomic E-state index is 12.2. The smallest absolute Gasteiger partial charge is 0.410 e. The SMILES string of the molecule is CCCCOC(=O)N1CCCC(Nc2nc(C)cc(C)n2)C1C. The number of carbonyl (C=O) groups is 1. The largest absolute Gasteiger partial charge is 0.449 e. The van der Waals surface area contributed by atoms with Crippen molar-refractivity contribution in [2.75, 3.05) is 18.5 Å². The number of aryl methyl sites for hydroxylation is 2. The van der Waals surface area contributed by atoms with E-state index in [-0.39, 0.29) is 18.2 Å². The van der Waals surface area contributed by atoms with Crippen molar-refractivity contribution in [2.45, 2.75) is 65.5 Å². The Kier molecular flexibility index (Phi) is 6.19.